The van der Waals surface area contributed by atoms with Crippen LogP contribution in [0.15, 0.2) is 30.3 Å². The molecule has 0 radical (unpaired) electrons. The smallest absolute Gasteiger partial charge is 0.303 e. The standard InChI is InChI=1S/C15H18O6/c1-9(16)20-13-11(17)7-18-12-8-19-15(21-14(12)13)10-5-3-2-4-6-10/h2-6,11-15,17H,7-8H2,1H3/t11-,12+,13+,14+,15?/m0/s1. The Labute approximate surface area is 122 Å². The summed E-state index contributed by atoms with van der Waals surface area (Å²) in [5, 5.41) is 9.99. The van der Waals surface area contributed by atoms with E-state index in [2.05, 4.69) is 0 Å². The molecule has 0 saturated carbocycles. The Kier molecular flexibility index (Phi) is 4.21. The van der Waals surface area contributed by atoms with Crippen LogP contribution in [-0.2, 0) is 23.7 Å². The molecular formula is C15H18O6. The highest BCUT2D eigenvalue weighted by Gasteiger charge is 2.47. The zero-order valence-electron chi connectivity index (χ0n) is 11.7. The van der Waals surface area contributed by atoms with Crippen LogP contribution in [0.1, 0.15) is 18.8 Å². The highest BCUT2D eigenvalue weighted by molar-refractivity contribution is 5.66. The zero-order chi connectivity index (χ0) is 14.8. The first-order chi connectivity index (χ1) is 10.1. The first-order valence-corrected chi connectivity index (χ1v) is 6.94. The molecule has 0 bridgehead atoms. The number of fused-ring (bicyclic) bond motifs is 1. The number of hydrogen-bond donors (Lipinski definition) is 1. The van der Waals surface area contributed by atoms with Gasteiger partial charge in [-0.2, -0.15) is 0 Å². The maximum atomic E-state index is 11.2. The van der Waals surface area contributed by atoms with Crippen molar-refractivity contribution in [1.29, 1.82) is 0 Å². The van der Waals surface area contributed by atoms with Crippen LogP contribution in [-0.4, -0.2) is 48.7 Å². The Bertz CT molecular complexity index is 490. The van der Waals surface area contributed by atoms with E-state index in [0.29, 0.717) is 6.61 Å². The molecule has 2 fully saturated rings. The molecule has 1 aromatic carbocycles. The normalized spacial score (nSPS) is 35.8. The van der Waals surface area contributed by atoms with Crippen LogP contribution in [0.4, 0.5) is 0 Å². The van der Waals surface area contributed by atoms with Crippen LogP contribution in [0.2, 0.25) is 0 Å². The van der Waals surface area contributed by atoms with Gasteiger partial charge < -0.3 is 24.1 Å². The average Bonchev–Trinajstić information content (AvgIpc) is 2.50. The first-order valence-electron chi connectivity index (χ1n) is 6.94. The molecule has 6 nitrogen and oxygen atoms in total. The van der Waals surface area contributed by atoms with Gasteiger partial charge in [-0.25, -0.2) is 0 Å². The third-order valence-electron chi connectivity index (χ3n) is 3.62. The fraction of sp³-hybridized carbons (Fsp3) is 0.533. The van der Waals surface area contributed by atoms with Crippen molar-refractivity contribution >= 4 is 5.97 Å². The highest BCUT2D eigenvalue weighted by Crippen LogP contribution is 2.33. The molecule has 6 heteroatoms. The maximum Gasteiger partial charge on any atom is 0.303 e. The average molecular weight is 294 g/mol. The Morgan fingerprint density at radius 3 is 2.71 bits per heavy atom. The van der Waals surface area contributed by atoms with Gasteiger partial charge in [0.15, 0.2) is 12.4 Å². The lowest BCUT2D eigenvalue weighted by Crippen LogP contribution is -2.59. The van der Waals surface area contributed by atoms with Gasteiger partial charge in [0.25, 0.3) is 0 Å². The van der Waals surface area contributed by atoms with Crippen LogP contribution in [0.5, 0.6) is 0 Å². The summed E-state index contributed by atoms with van der Waals surface area (Å²) in [5.41, 5.74) is 0.873. The first kappa shape index (κ1) is 14.5. The third-order valence-corrected chi connectivity index (χ3v) is 3.62. The number of carbonyl (C=O) groups excluding carboxylic acids is 1. The fourth-order valence-corrected chi connectivity index (χ4v) is 2.64. The Morgan fingerprint density at radius 2 is 2.00 bits per heavy atom. The quantitative estimate of drug-likeness (QED) is 0.813. The number of aliphatic hydroxyl groups excluding tert-OH is 1. The van der Waals surface area contributed by atoms with Crippen molar-refractivity contribution in [2.24, 2.45) is 0 Å². The number of rotatable bonds is 2. The van der Waals surface area contributed by atoms with Crippen molar-refractivity contribution in [3.05, 3.63) is 35.9 Å². The van der Waals surface area contributed by atoms with E-state index < -0.39 is 30.6 Å². The lowest BCUT2D eigenvalue weighted by atomic mass is 9.98. The van der Waals surface area contributed by atoms with Crippen molar-refractivity contribution in [3.8, 4) is 0 Å². The largest absolute Gasteiger partial charge is 0.457 e. The molecule has 2 heterocycles. The van der Waals surface area contributed by atoms with Gasteiger partial charge in [0.05, 0.1) is 13.2 Å². The van der Waals surface area contributed by atoms with E-state index in [1.807, 2.05) is 30.3 Å². The van der Waals surface area contributed by atoms with Gasteiger partial charge in [-0.3, -0.25) is 4.79 Å². The third kappa shape index (κ3) is 3.08. The minimum absolute atomic E-state index is 0.0990. The molecule has 0 aromatic heterocycles. The lowest BCUT2D eigenvalue weighted by Gasteiger charge is -2.44. The van der Waals surface area contributed by atoms with E-state index in [1.54, 1.807) is 0 Å². The Balaban J connectivity index is 1.77. The SMILES string of the molecule is CC(=O)O[C@H]1[C@@H]2OC(c3ccccc3)OC[C@H]2OC[C@@H]1O. The molecule has 2 aliphatic heterocycles. The number of hydrogen-bond acceptors (Lipinski definition) is 6. The highest BCUT2D eigenvalue weighted by atomic mass is 16.7. The second-order valence-corrected chi connectivity index (χ2v) is 5.19. The van der Waals surface area contributed by atoms with E-state index in [4.69, 9.17) is 18.9 Å². The van der Waals surface area contributed by atoms with Crippen molar-refractivity contribution < 1.29 is 28.8 Å². The number of benzene rings is 1. The maximum absolute atomic E-state index is 11.2. The number of esters is 1. The Morgan fingerprint density at radius 1 is 1.24 bits per heavy atom. The van der Waals surface area contributed by atoms with Crippen molar-refractivity contribution in [2.45, 2.75) is 37.6 Å². The van der Waals surface area contributed by atoms with Gasteiger partial charge in [-0.05, 0) is 0 Å². The summed E-state index contributed by atoms with van der Waals surface area (Å²) in [6, 6.07) is 9.48. The van der Waals surface area contributed by atoms with Crippen molar-refractivity contribution in [2.75, 3.05) is 13.2 Å². The summed E-state index contributed by atoms with van der Waals surface area (Å²) in [4.78, 5) is 11.2. The summed E-state index contributed by atoms with van der Waals surface area (Å²) < 4.78 is 22.2. The molecule has 0 amide bonds. The summed E-state index contributed by atoms with van der Waals surface area (Å²) in [7, 11) is 0. The van der Waals surface area contributed by atoms with E-state index in [1.165, 1.54) is 6.92 Å². The van der Waals surface area contributed by atoms with E-state index in [-0.39, 0.29) is 12.7 Å². The van der Waals surface area contributed by atoms with E-state index >= 15 is 0 Å². The minimum atomic E-state index is -0.898. The van der Waals surface area contributed by atoms with E-state index in [9.17, 15) is 9.90 Å². The molecule has 3 rings (SSSR count). The minimum Gasteiger partial charge on any atom is -0.457 e. The predicted molar refractivity (Wildman–Crippen MR) is 71.3 cm³/mol. The lowest BCUT2D eigenvalue weighted by molar-refractivity contribution is -0.315. The molecule has 114 valence electrons. The molecule has 1 unspecified atom stereocenters. The van der Waals surface area contributed by atoms with Gasteiger partial charge in [0.1, 0.15) is 18.3 Å². The molecule has 1 aromatic rings. The topological polar surface area (TPSA) is 74.2 Å². The molecule has 1 N–H and O–H groups in total. The summed E-state index contributed by atoms with van der Waals surface area (Å²) in [6.45, 7) is 1.74. The molecular weight excluding hydrogens is 276 g/mol. The molecule has 0 aliphatic carbocycles. The number of aliphatic hydroxyl groups is 1. The van der Waals surface area contributed by atoms with Gasteiger partial charge in [-0.1, -0.05) is 30.3 Å². The monoisotopic (exact) mass is 294 g/mol. The van der Waals surface area contributed by atoms with Crippen LogP contribution in [0, 0.1) is 0 Å². The zero-order valence-corrected chi connectivity index (χ0v) is 11.7. The second kappa shape index (κ2) is 6.11. The van der Waals surface area contributed by atoms with Gasteiger partial charge >= 0.3 is 5.97 Å². The van der Waals surface area contributed by atoms with Crippen LogP contribution < -0.4 is 0 Å². The molecule has 21 heavy (non-hydrogen) atoms. The number of carbonyl (C=O) groups is 1. The van der Waals surface area contributed by atoms with Crippen LogP contribution >= 0.6 is 0 Å². The Hall–Kier alpha value is -1.47. The molecule has 5 atom stereocenters. The molecule has 2 saturated heterocycles. The van der Waals surface area contributed by atoms with Gasteiger partial charge in [-0.15, -0.1) is 0 Å². The molecule has 2 aliphatic rings. The van der Waals surface area contributed by atoms with Gasteiger partial charge in [0.2, 0.25) is 0 Å². The summed E-state index contributed by atoms with van der Waals surface area (Å²) in [6.07, 6.45) is -3.09. The predicted octanol–water partition coefficient (Wildman–Crippen LogP) is 0.792. The van der Waals surface area contributed by atoms with Crippen LogP contribution in [0.25, 0.3) is 0 Å². The fourth-order valence-electron chi connectivity index (χ4n) is 2.64. The van der Waals surface area contributed by atoms with Crippen molar-refractivity contribution in [3.63, 3.8) is 0 Å². The number of ether oxygens (including phenoxy) is 4. The van der Waals surface area contributed by atoms with Crippen molar-refractivity contribution in [1.82, 2.24) is 0 Å². The molecule has 0 spiro atoms. The summed E-state index contributed by atoms with van der Waals surface area (Å²) >= 11 is 0. The van der Waals surface area contributed by atoms with Crippen LogP contribution in [0.3, 0.4) is 0 Å². The second-order valence-electron chi connectivity index (χ2n) is 5.19. The summed E-state index contributed by atoms with van der Waals surface area (Å²) in [5.74, 6) is -0.453. The van der Waals surface area contributed by atoms with Gasteiger partial charge in [0, 0.05) is 12.5 Å². The van der Waals surface area contributed by atoms with E-state index in [0.717, 1.165) is 5.56 Å².